The normalized spacial score (nSPS) is 16.3. The standard InChI is InChI=1S/C6H9NO3.2H2N.Pt/c7-4(8)6(5(9)10)2-1-3-6;;;/h1-3H2,(H3,7,8,9,10);2*1H2;/q;2*-1;/p-1. The van der Waals surface area contributed by atoms with E-state index in [9.17, 15) is 9.59 Å². The topological polar surface area (TPSA) is 145 Å². The number of nitrogens with two attached hydrogens (primary N) is 2. The van der Waals surface area contributed by atoms with E-state index < -0.39 is 17.3 Å². The Morgan fingerprint density at radius 2 is 1.62 bits per heavy atom. The molecule has 6 nitrogen and oxygen atoms in total. The molecule has 1 saturated carbocycles. The Morgan fingerprint density at radius 3 is 1.62 bits per heavy atom. The van der Waals surface area contributed by atoms with Crippen molar-refractivity contribution in [3.05, 3.63) is 18.0 Å². The predicted octanol–water partition coefficient (Wildman–Crippen LogP) is 2.25. The van der Waals surface area contributed by atoms with E-state index in [4.69, 9.17) is 10.8 Å². The summed E-state index contributed by atoms with van der Waals surface area (Å²) in [5, 5.41) is 8.51. The molecule has 0 spiro atoms. The van der Waals surface area contributed by atoms with Crippen molar-refractivity contribution in [1.29, 1.82) is 0 Å². The zero-order chi connectivity index (χ0) is 7.78. The van der Waals surface area contributed by atoms with Crippen LogP contribution in [0.4, 0.5) is 0 Å². The van der Waals surface area contributed by atoms with Crippen molar-refractivity contribution in [3.63, 3.8) is 0 Å². The summed E-state index contributed by atoms with van der Waals surface area (Å²) < 4.78 is 0. The summed E-state index contributed by atoms with van der Waals surface area (Å²) in [5.41, 5.74) is 5.36. The molecule has 0 radical (unpaired) electrons. The predicted molar refractivity (Wildman–Crippen MR) is 43.8 cm³/mol. The molecule has 1 aliphatic rings. The third-order valence-electron chi connectivity index (χ3n) is 2.05. The van der Waals surface area contributed by atoms with Crippen molar-refractivity contribution in [2.24, 2.45) is 5.41 Å². The van der Waals surface area contributed by atoms with Gasteiger partial charge in [-0.15, -0.1) is 0 Å². The van der Waals surface area contributed by atoms with Crippen LogP contribution in [0.15, 0.2) is 0 Å². The molecule has 0 aliphatic heterocycles. The van der Waals surface area contributed by atoms with Crippen LogP contribution in [0, 0.1) is 5.41 Å². The smallest absolute Gasteiger partial charge is 0.315 e. The summed E-state index contributed by atoms with van der Waals surface area (Å²) in [7, 11) is 0. The van der Waals surface area contributed by atoms with Gasteiger partial charge in [0.25, 0.3) is 0 Å². The van der Waals surface area contributed by atoms with Gasteiger partial charge in [0.2, 0.25) is 0 Å². The molecule has 1 aliphatic carbocycles. The number of carboxylic acids is 1. The van der Waals surface area contributed by atoms with Gasteiger partial charge in [0, 0.05) is 21.1 Å². The molecule has 82 valence electrons. The average molecular weight is 369 g/mol. The second kappa shape index (κ2) is 6.07. The first-order valence-corrected chi connectivity index (χ1v) is 3.09. The van der Waals surface area contributed by atoms with E-state index in [1.54, 1.807) is 0 Å². The second-order valence-corrected chi connectivity index (χ2v) is 2.57. The Morgan fingerprint density at radius 1 is 1.23 bits per heavy atom. The number of carbonyl (C=O) groups is 2. The minimum atomic E-state index is -1.33. The Labute approximate surface area is 90.7 Å². The van der Waals surface area contributed by atoms with Gasteiger partial charge in [-0.05, 0) is 12.8 Å². The Kier molecular flexibility index (Phi) is 8.57. The molecular weight excluding hydrogens is 357 g/mol. The van der Waals surface area contributed by atoms with Crippen LogP contribution < -0.4 is 0 Å². The fourth-order valence-corrected chi connectivity index (χ4v) is 1.07. The van der Waals surface area contributed by atoms with Crippen molar-refractivity contribution in [2.45, 2.75) is 19.3 Å². The van der Waals surface area contributed by atoms with E-state index in [1.807, 2.05) is 0 Å². The van der Waals surface area contributed by atoms with Crippen LogP contribution in [0.3, 0.4) is 0 Å². The summed E-state index contributed by atoms with van der Waals surface area (Å²) in [6.45, 7) is 0. The van der Waals surface area contributed by atoms with Gasteiger partial charge < -0.3 is 27.9 Å². The van der Waals surface area contributed by atoms with Gasteiger partial charge in [0.05, 0.1) is 5.91 Å². The van der Waals surface area contributed by atoms with Gasteiger partial charge in [0.15, 0.2) is 0 Å². The van der Waals surface area contributed by atoms with Crippen LogP contribution in [0.2, 0.25) is 0 Å². The molecule has 13 heavy (non-hydrogen) atoms. The molecule has 0 bridgehead atoms. The zero-order valence-electron chi connectivity index (χ0n) is 6.86. The number of nitrogens with one attached hydrogen (secondary N) is 1. The summed E-state index contributed by atoms with van der Waals surface area (Å²) >= 11 is 0. The van der Waals surface area contributed by atoms with Gasteiger partial charge in [0.1, 0.15) is 5.41 Å². The molecule has 1 amide bonds. The van der Waals surface area contributed by atoms with Gasteiger partial charge in [-0.3, -0.25) is 4.79 Å². The molecule has 0 atom stereocenters. The molecule has 0 unspecified atom stereocenters. The molecule has 7 heteroatoms. The Hall–Kier alpha value is -0.452. The second-order valence-electron chi connectivity index (χ2n) is 2.57. The summed E-state index contributed by atoms with van der Waals surface area (Å²) in [4.78, 5) is 20.9. The van der Waals surface area contributed by atoms with E-state index in [-0.39, 0.29) is 33.4 Å². The van der Waals surface area contributed by atoms with Crippen LogP contribution in [-0.4, -0.2) is 17.0 Å². The van der Waals surface area contributed by atoms with E-state index in [1.165, 1.54) is 0 Å². The van der Waals surface area contributed by atoms with E-state index in [0.717, 1.165) is 6.42 Å². The van der Waals surface area contributed by atoms with Crippen LogP contribution in [-0.2, 0) is 30.7 Å². The third kappa shape index (κ3) is 2.76. The number of carbonyl (C=O) groups excluding carboxylic acids is 1. The van der Waals surface area contributed by atoms with Gasteiger partial charge >= 0.3 is 5.97 Å². The van der Waals surface area contributed by atoms with E-state index >= 15 is 0 Å². The quantitative estimate of drug-likeness (QED) is 0.745. The molecule has 0 aromatic carbocycles. The maximum absolute atomic E-state index is 10.5. The maximum Gasteiger partial charge on any atom is 0.315 e. The average Bonchev–Trinajstić information content (AvgIpc) is 1.57. The van der Waals surface area contributed by atoms with Crippen LogP contribution >= 0.6 is 0 Å². The number of rotatable bonds is 2. The van der Waals surface area contributed by atoms with E-state index in [0.29, 0.717) is 12.8 Å². The van der Waals surface area contributed by atoms with Crippen molar-refractivity contribution in [2.75, 3.05) is 0 Å². The fourth-order valence-electron chi connectivity index (χ4n) is 1.07. The van der Waals surface area contributed by atoms with Crippen molar-refractivity contribution < 1.29 is 35.8 Å². The molecular formula is C6H12N3O3Pt-3. The SMILES string of the molecule is [NH-]C(=O)C1(C(=O)O)CCC1.[NH2-].[NH2-].[Pt]. The maximum atomic E-state index is 10.5. The monoisotopic (exact) mass is 369 g/mol. The van der Waals surface area contributed by atoms with Crippen LogP contribution in [0.25, 0.3) is 18.0 Å². The van der Waals surface area contributed by atoms with Crippen molar-refractivity contribution in [1.82, 2.24) is 0 Å². The summed E-state index contributed by atoms with van der Waals surface area (Å²) in [5.74, 6) is -2.09. The van der Waals surface area contributed by atoms with Gasteiger partial charge in [-0.1, -0.05) is 6.42 Å². The molecule has 1 fully saturated rings. The molecule has 1 rings (SSSR count). The fraction of sp³-hybridized carbons (Fsp3) is 0.667. The van der Waals surface area contributed by atoms with Gasteiger partial charge in [-0.2, -0.15) is 0 Å². The minimum absolute atomic E-state index is 0. The first-order valence-electron chi connectivity index (χ1n) is 3.09. The van der Waals surface area contributed by atoms with E-state index in [2.05, 4.69) is 0 Å². The largest absolute Gasteiger partial charge is 0.693 e. The first-order chi connectivity index (χ1) is 4.59. The van der Waals surface area contributed by atoms with Crippen molar-refractivity contribution in [3.8, 4) is 0 Å². The summed E-state index contributed by atoms with van der Waals surface area (Å²) in [6.07, 6.45) is 1.42. The number of hydrogen-bond acceptors (Lipinski definition) is 2. The Balaban J connectivity index is -0.000000333. The molecule has 0 aromatic rings. The Bertz CT molecular complexity index is 178. The number of amides is 1. The van der Waals surface area contributed by atoms with Crippen LogP contribution in [0.5, 0.6) is 0 Å². The van der Waals surface area contributed by atoms with Gasteiger partial charge in [-0.25, -0.2) is 0 Å². The molecule has 0 saturated heterocycles. The third-order valence-corrected chi connectivity index (χ3v) is 2.05. The number of hydrogen-bond donors (Lipinski definition) is 1. The number of aliphatic carboxylic acids is 1. The summed E-state index contributed by atoms with van der Waals surface area (Å²) in [6, 6.07) is 0. The van der Waals surface area contributed by atoms with Crippen LogP contribution in [0.1, 0.15) is 19.3 Å². The molecule has 0 heterocycles. The number of carboxylic acid groups (broad SMARTS) is 1. The minimum Gasteiger partial charge on any atom is -0.693 e. The molecule has 0 aromatic heterocycles. The zero-order valence-corrected chi connectivity index (χ0v) is 9.13. The molecule has 6 N–H and O–H groups in total. The van der Waals surface area contributed by atoms with Crippen molar-refractivity contribution >= 4 is 11.9 Å². The first kappa shape index (κ1) is 18.4.